The maximum atomic E-state index is 14.3. The molecule has 5 aromatic rings. The lowest BCUT2D eigenvalue weighted by molar-refractivity contribution is 0.0688. The molecule has 0 aliphatic heterocycles. The van der Waals surface area contributed by atoms with Gasteiger partial charge in [-0.15, -0.1) is 16.4 Å². The van der Waals surface area contributed by atoms with Crippen molar-refractivity contribution in [2.24, 2.45) is 0 Å². The lowest BCUT2D eigenvalue weighted by Gasteiger charge is -2.05. The van der Waals surface area contributed by atoms with Gasteiger partial charge >= 0.3 is 12.0 Å². The molecule has 1 aromatic carbocycles. The van der Waals surface area contributed by atoms with E-state index in [-0.39, 0.29) is 23.8 Å². The number of rotatable bonds is 6. The molecule has 0 amide bonds. The van der Waals surface area contributed by atoms with Crippen LogP contribution >= 0.6 is 11.3 Å². The van der Waals surface area contributed by atoms with Crippen molar-refractivity contribution in [3.05, 3.63) is 64.8 Å². The predicted molar refractivity (Wildman–Crippen MR) is 116 cm³/mol. The fraction of sp³-hybridized carbons (Fsp3) is 0.0952. The van der Waals surface area contributed by atoms with Crippen molar-refractivity contribution in [2.45, 2.75) is 13.5 Å². The summed E-state index contributed by atoms with van der Waals surface area (Å²) in [6, 6.07) is 9.84. The Labute approximate surface area is 189 Å². The fourth-order valence-corrected chi connectivity index (χ4v) is 4.14. The van der Waals surface area contributed by atoms with E-state index in [0.29, 0.717) is 27.5 Å². The zero-order chi connectivity index (χ0) is 22.9. The molecule has 0 spiro atoms. The first-order chi connectivity index (χ1) is 16.0. The van der Waals surface area contributed by atoms with Gasteiger partial charge in [0.25, 0.3) is 0 Å². The number of thiazole rings is 1. The second kappa shape index (κ2) is 8.31. The zero-order valence-electron chi connectivity index (χ0n) is 17.0. The summed E-state index contributed by atoms with van der Waals surface area (Å²) in [7, 11) is 0. The van der Waals surface area contributed by atoms with Crippen LogP contribution in [0.15, 0.2) is 42.6 Å². The molecule has 10 nitrogen and oxygen atoms in total. The number of aromatic amines is 1. The molecule has 0 bridgehead atoms. The topological polar surface area (TPSA) is 140 Å². The first-order valence-electron chi connectivity index (χ1n) is 9.61. The van der Waals surface area contributed by atoms with Crippen LogP contribution in [0.1, 0.15) is 21.2 Å². The van der Waals surface area contributed by atoms with Crippen molar-refractivity contribution in [2.75, 3.05) is 0 Å². The second-order valence-corrected chi connectivity index (χ2v) is 8.00. The first kappa shape index (κ1) is 20.6. The molecule has 164 valence electrons. The molecule has 5 rings (SSSR count). The average Bonchev–Trinajstić information content (AvgIpc) is 3.44. The van der Waals surface area contributed by atoms with Crippen LogP contribution in [0.25, 0.3) is 32.9 Å². The molecule has 0 saturated carbocycles. The number of benzene rings is 1. The smallest absolute Gasteiger partial charge is 0.354 e. The van der Waals surface area contributed by atoms with Gasteiger partial charge in [0, 0.05) is 11.8 Å². The Hall–Kier alpha value is -4.32. The number of carboxylic acids is 1. The number of aromatic carboxylic acids is 1. The van der Waals surface area contributed by atoms with Crippen molar-refractivity contribution in [1.82, 2.24) is 35.3 Å². The summed E-state index contributed by atoms with van der Waals surface area (Å²) < 4.78 is 19.8. The van der Waals surface area contributed by atoms with Crippen molar-refractivity contribution in [3.8, 4) is 27.8 Å². The van der Waals surface area contributed by atoms with Crippen LogP contribution in [0.2, 0.25) is 0 Å². The minimum Gasteiger partial charge on any atom is -0.477 e. The van der Waals surface area contributed by atoms with E-state index in [2.05, 4.69) is 35.3 Å². The number of hydrogen-bond acceptors (Lipinski definition) is 9. The summed E-state index contributed by atoms with van der Waals surface area (Å²) in [6.07, 6.45) is 1.32. The maximum absolute atomic E-state index is 14.3. The van der Waals surface area contributed by atoms with Gasteiger partial charge in [-0.1, -0.05) is 11.3 Å². The Bertz CT molecular complexity index is 1500. The number of pyridine rings is 1. The van der Waals surface area contributed by atoms with E-state index in [1.807, 2.05) is 19.1 Å². The lowest BCUT2D eigenvalue weighted by atomic mass is 10.1. The van der Waals surface area contributed by atoms with Gasteiger partial charge in [-0.25, -0.2) is 24.1 Å². The molecule has 0 aliphatic rings. The van der Waals surface area contributed by atoms with Crippen molar-refractivity contribution >= 4 is 28.3 Å². The molecule has 0 radical (unpaired) electrons. The minimum absolute atomic E-state index is 0.0462. The summed E-state index contributed by atoms with van der Waals surface area (Å²) >= 11 is 1.38. The number of carbonyl (C=O) groups is 1. The highest BCUT2D eigenvalue weighted by Gasteiger charge is 2.15. The molecule has 0 saturated heterocycles. The molecule has 33 heavy (non-hydrogen) atoms. The number of aromatic nitrogens is 7. The van der Waals surface area contributed by atoms with E-state index >= 15 is 0 Å². The zero-order valence-corrected chi connectivity index (χ0v) is 17.8. The quantitative estimate of drug-likeness (QED) is 0.386. The van der Waals surface area contributed by atoms with Crippen LogP contribution in [0.5, 0.6) is 6.01 Å². The number of H-pyrrole nitrogens is 1. The van der Waals surface area contributed by atoms with Crippen LogP contribution in [0.3, 0.4) is 0 Å². The fourth-order valence-electron chi connectivity index (χ4n) is 3.19. The molecule has 0 unspecified atom stereocenters. The number of carboxylic acid groups (broad SMARTS) is 1. The van der Waals surface area contributed by atoms with Crippen molar-refractivity contribution < 1.29 is 19.0 Å². The molecular formula is C21H14FN7O3S. The van der Waals surface area contributed by atoms with Crippen LogP contribution in [-0.4, -0.2) is 46.4 Å². The minimum atomic E-state index is -1.16. The highest BCUT2D eigenvalue weighted by molar-refractivity contribution is 7.15. The molecule has 0 atom stereocenters. The van der Waals surface area contributed by atoms with Crippen LogP contribution < -0.4 is 4.74 Å². The SMILES string of the molecule is Cc1nc(COc2nccc(C(=O)O)n2)sc1-c1cccc(-c2cc(F)c3nn[nH]c3c2)n1. The van der Waals surface area contributed by atoms with Gasteiger partial charge in [0.1, 0.15) is 17.1 Å². The molecule has 0 aliphatic carbocycles. The molecule has 4 heterocycles. The van der Waals surface area contributed by atoms with Crippen LogP contribution in [0, 0.1) is 12.7 Å². The number of ether oxygens (including phenoxy) is 1. The summed E-state index contributed by atoms with van der Waals surface area (Å²) in [6.45, 7) is 1.93. The van der Waals surface area contributed by atoms with Gasteiger partial charge < -0.3 is 9.84 Å². The number of fused-ring (bicyclic) bond motifs is 1. The first-order valence-corrected chi connectivity index (χ1v) is 10.4. The molecule has 0 fully saturated rings. The standard InChI is InChI=1S/C21H14FN7O3S/c1-10-19(33-17(24-10)9-32-21-23-6-5-15(26-21)20(30)31)14-4-2-3-13(25-14)11-7-12(22)18-16(8-11)27-29-28-18/h2-8H,9H2,1H3,(H,30,31)(H,27,28,29). The van der Waals surface area contributed by atoms with Gasteiger partial charge in [0.05, 0.1) is 27.5 Å². The molecular weight excluding hydrogens is 449 g/mol. The summed E-state index contributed by atoms with van der Waals surface area (Å²) in [5, 5.41) is 19.7. The highest BCUT2D eigenvalue weighted by atomic mass is 32.1. The summed E-state index contributed by atoms with van der Waals surface area (Å²) in [5.74, 6) is -1.64. The Balaban J connectivity index is 1.40. The van der Waals surface area contributed by atoms with Crippen molar-refractivity contribution in [3.63, 3.8) is 0 Å². The molecule has 2 N–H and O–H groups in total. The van der Waals surface area contributed by atoms with Crippen LogP contribution in [0.4, 0.5) is 4.39 Å². The largest absolute Gasteiger partial charge is 0.477 e. The summed E-state index contributed by atoms with van der Waals surface area (Å²) in [4.78, 5) is 28.8. The van der Waals surface area contributed by atoms with Crippen molar-refractivity contribution in [1.29, 1.82) is 0 Å². The Morgan fingerprint density at radius 2 is 2.03 bits per heavy atom. The highest BCUT2D eigenvalue weighted by Crippen LogP contribution is 2.31. The summed E-state index contributed by atoms with van der Waals surface area (Å²) in [5.41, 5.74) is 3.12. The number of nitrogens with one attached hydrogen (secondary N) is 1. The van der Waals surface area contributed by atoms with E-state index in [0.717, 1.165) is 10.6 Å². The van der Waals surface area contributed by atoms with Gasteiger partial charge in [-0.2, -0.15) is 4.98 Å². The Kier molecular flexibility index (Phi) is 5.18. The monoisotopic (exact) mass is 463 g/mol. The van der Waals surface area contributed by atoms with Gasteiger partial charge in [-0.05, 0) is 37.3 Å². The number of halogens is 1. The third kappa shape index (κ3) is 4.11. The third-order valence-electron chi connectivity index (χ3n) is 4.68. The van der Waals surface area contributed by atoms with Gasteiger partial charge in [0.15, 0.2) is 11.5 Å². The van der Waals surface area contributed by atoms with E-state index in [1.165, 1.54) is 29.7 Å². The second-order valence-electron chi connectivity index (χ2n) is 6.91. The maximum Gasteiger partial charge on any atom is 0.354 e. The van der Waals surface area contributed by atoms with Gasteiger partial charge in [0.2, 0.25) is 0 Å². The van der Waals surface area contributed by atoms with E-state index < -0.39 is 11.8 Å². The average molecular weight is 463 g/mol. The molecule has 4 aromatic heterocycles. The number of hydrogen-bond donors (Lipinski definition) is 2. The van der Waals surface area contributed by atoms with Crippen LogP contribution in [-0.2, 0) is 6.61 Å². The molecule has 12 heteroatoms. The Morgan fingerprint density at radius 3 is 2.88 bits per heavy atom. The van der Waals surface area contributed by atoms with E-state index in [4.69, 9.17) is 9.84 Å². The van der Waals surface area contributed by atoms with E-state index in [9.17, 15) is 9.18 Å². The third-order valence-corrected chi connectivity index (χ3v) is 5.83. The van der Waals surface area contributed by atoms with E-state index in [1.54, 1.807) is 12.1 Å². The predicted octanol–water partition coefficient (Wildman–Crippen LogP) is 3.66. The normalized spacial score (nSPS) is 11.1. The number of nitrogens with zero attached hydrogens (tertiary/aromatic N) is 6. The number of aryl methyl sites for hydroxylation is 1. The lowest BCUT2D eigenvalue weighted by Crippen LogP contribution is -2.04. The van der Waals surface area contributed by atoms with Gasteiger partial charge in [-0.3, -0.25) is 5.10 Å². The Morgan fingerprint density at radius 1 is 1.18 bits per heavy atom.